The number of thioether (sulfide) groups is 1. The number of halogens is 3. The molecule has 0 saturated carbocycles. The Hall–Kier alpha value is -2.04. The molecule has 1 atom stereocenters. The van der Waals surface area contributed by atoms with Crippen LogP contribution in [0.15, 0.2) is 68.8 Å². The van der Waals surface area contributed by atoms with Crippen LogP contribution in [0.1, 0.15) is 35.7 Å². The van der Waals surface area contributed by atoms with Crippen LogP contribution >= 0.6 is 50.9 Å². The van der Waals surface area contributed by atoms with Crippen molar-refractivity contribution >= 4 is 62.5 Å². The fourth-order valence-electron chi connectivity index (χ4n) is 3.37. The van der Waals surface area contributed by atoms with Gasteiger partial charge in [-0.15, -0.1) is 0 Å². The van der Waals surface area contributed by atoms with Crippen molar-refractivity contribution < 1.29 is 9.59 Å². The zero-order valence-corrected chi connectivity index (χ0v) is 20.5. The van der Waals surface area contributed by atoms with E-state index in [4.69, 9.17) is 23.2 Å². The van der Waals surface area contributed by atoms with Crippen molar-refractivity contribution in [1.29, 1.82) is 5.26 Å². The molecule has 2 aromatic carbocycles. The topological polar surface area (TPSA) is 70.0 Å². The van der Waals surface area contributed by atoms with E-state index >= 15 is 0 Å². The first kappa shape index (κ1) is 23.6. The Kier molecular flexibility index (Phi) is 7.66. The van der Waals surface area contributed by atoms with Gasteiger partial charge in [-0.3, -0.25) is 9.59 Å². The van der Waals surface area contributed by atoms with Gasteiger partial charge in [0.25, 0.3) is 0 Å². The van der Waals surface area contributed by atoms with Gasteiger partial charge < -0.3 is 5.32 Å². The summed E-state index contributed by atoms with van der Waals surface area (Å²) in [6, 6.07) is 14.5. The lowest BCUT2D eigenvalue weighted by atomic mass is 9.81. The molecular weight excluding hydrogens is 519 g/mol. The average molecular weight is 536 g/mol. The van der Waals surface area contributed by atoms with Crippen LogP contribution in [0, 0.1) is 11.3 Å². The van der Waals surface area contributed by atoms with E-state index in [1.54, 1.807) is 19.1 Å². The molecule has 3 rings (SSSR count). The summed E-state index contributed by atoms with van der Waals surface area (Å²) in [5, 5.41) is 14.4. The summed E-state index contributed by atoms with van der Waals surface area (Å²) in [5.74, 6) is -0.656. The van der Waals surface area contributed by atoms with Crippen molar-refractivity contribution in [2.75, 3.05) is 5.75 Å². The quantitative estimate of drug-likeness (QED) is 0.419. The smallest absolute Gasteiger partial charge is 0.173 e. The van der Waals surface area contributed by atoms with Crippen LogP contribution in [0.25, 0.3) is 0 Å². The number of ketones is 2. The molecule has 1 unspecified atom stereocenters. The van der Waals surface area contributed by atoms with E-state index in [2.05, 4.69) is 27.3 Å². The van der Waals surface area contributed by atoms with Crippen molar-refractivity contribution in [1.82, 2.24) is 5.32 Å². The molecule has 31 heavy (non-hydrogen) atoms. The Balaban J connectivity index is 1.94. The van der Waals surface area contributed by atoms with Crippen molar-refractivity contribution in [2.24, 2.45) is 0 Å². The van der Waals surface area contributed by atoms with Crippen LogP contribution in [0.3, 0.4) is 0 Å². The Morgan fingerprint density at radius 2 is 1.84 bits per heavy atom. The third kappa shape index (κ3) is 5.24. The second-order valence-corrected chi connectivity index (χ2v) is 9.62. The van der Waals surface area contributed by atoms with Crippen LogP contribution in [0.5, 0.6) is 0 Å². The first-order valence-corrected chi connectivity index (χ1v) is 11.8. The molecule has 8 heteroatoms. The lowest BCUT2D eigenvalue weighted by molar-refractivity contribution is -0.113. The second-order valence-electron chi connectivity index (χ2n) is 6.90. The predicted molar refractivity (Wildman–Crippen MR) is 129 cm³/mol. The molecule has 1 heterocycles. The van der Waals surface area contributed by atoms with Crippen molar-refractivity contribution in [3.8, 4) is 6.07 Å². The maximum atomic E-state index is 12.7. The number of Topliss-reactive ketones (excluding diaryl/α,β-unsaturated/α-hetero) is 2. The molecule has 0 spiro atoms. The fraction of sp³-hybridized carbons (Fsp3) is 0.174. The first-order chi connectivity index (χ1) is 14.7. The van der Waals surface area contributed by atoms with Gasteiger partial charge in [0.1, 0.15) is 0 Å². The molecule has 0 radical (unpaired) electrons. The van der Waals surface area contributed by atoms with Gasteiger partial charge in [0.15, 0.2) is 11.6 Å². The standard InChI is InChI=1S/C23H17BrCl2N2O2S/c1-12-21(13(2)29)22(14-3-6-16(24)7-4-14)17(10-27)23(28-12)31-11-20(30)15-5-8-18(25)19(26)9-15/h3-9,22,28H,11H2,1-2H3. The number of nitrogens with one attached hydrogen (secondary N) is 1. The molecule has 4 nitrogen and oxygen atoms in total. The summed E-state index contributed by atoms with van der Waals surface area (Å²) in [5.41, 5.74) is 2.89. The summed E-state index contributed by atoms with van der Waals surface area (Å²) < 4.78 is 0.902. The lowest BCUT2D eigenvalue weighted by Crippen LogP contribution is -2.27. The third-order valence-corrected chi connectivity index (χ3v) is 7.10. The van der Waals surface area contributed by atoms with E-state index < -0.39 is 5.92 Å². The highest BCUT2D eigenvalue weighted by Crippen LogP contribution is 2.41. The van der Waals surface area contributed by atoms with Gasteiger partial charge in [0, 0.05) is 21.3 Å². The molecule has 158 valence electrons. The molecule has 1 N–H and O–H groups in total. The number of carbonyl (C=O) groups excluding carboxylic acids is 2. The van der Waals surface area contributed by atoms with Gasteiger partial charge in [-0.25, -0.2) is 0 Å². The van der Waals surface area contributed by atoms with E-state index in [1.165, 1.54) is 24.8 Å². The molecule has 0 bridgehead atoms. The van der Waals surface area contributed by atoms with Crippen molar-refractivity contribution in [2.45, 2.75) is 19.8 Å². The van der Waals surface area contributed by atoms with E-state index in [-0.39, 0.29) is 17.3 Å². The SMILES string of the molecule is CC(=O)C1=C(C)NC(SCC(=O)c2ccc(Cl)c(Cl)c2)=C(C#N)C1c1ccc(Br)cc1. The number of rotatable bonds is 6. The number of nitriles is 1. The van der Waals surface area contributed by atoms with E-state index in [0.717, 1.165) is 10.0 Å². The zero-order valence-electron chi connectivity index (χ0n) is 16.6. The number of hydrogen-bond acceptors (Lipinski definition) is 5. The minimum absolute atomic E-state index is 0.0984. The van der Waals surface area contributed by atoms with Crippen LogP contribution in [0.2, 0.25) is 10.0 Å². The van der Waals surface area contributed by atoms with Gasteiger partial charge in [-0.1, -0.05) is 63.0 Å². The van der Waals surface area contributed by atoms with Crippen LogP contribution < -0.4 is 5.32 Å². The molecule has 1 aliphatic heterocycles. The largest absolute Gasteiger partial charge is 0.353 e. The molecule has 0 fully saturated rings. The molecule has 0 amide bonds. The number of carbonyl (C=O) groups is 2. The van der Waals surface area contributed by atoms with E-state index in [9.17, 15) is 14.9 Å². The predicted octanol–water partition coefficient (Wildman–Crippen LogP) is 6.66. The highest BCUT2D eigenvalue weighted by Gasteiger charge is 2.33. The summed E-state index contributed by atoms with van der Waals surface area (Å²) in [7, 11) is 0. The van der Waals surface area contributed by atoms with Gasteiger partial charge in [-0.05, 0) is 49.7 Å². The number of benzene rings is 2. The minimum atomic E-state index is -0.501. The van der Waals surface area contributed by atoms with Crippen molar-refractivity contribution in [3.63, 3.8) is 0 Å². The van der Waals surface area contributed by atoms with E-state index in [0.29, 0.717) is 37.5 Å². The van der Waals surface area contributed by atoms with Gasteiger partial charge in [0.2, 0.25) is 0 Å². The van der Waals surface area contributed by atoms with Crippen LogP contribution in [-0.4, -0.2) is 17.3 Å². The Labute approximate surface area is 203 Å². The Morgan fingerprint density at radius 1 is 1.16 bits per heavy atom. The van der Waals surface area contributed by atoms with Gasteiger partial charge in [0.05, 0.1) is 38.4 Å². The van der Waals surface area contributed by atoms with Crippen LogP contribution in [0.4, 0.5) is 0 Å². The number of allylic oxidation sites excluding steroid dienone is 3. The summed E-state index contributed by atoms with van der Waals surface area (Å²) >= 11 is 16.6. The summed E-state index contributed by atoms with van der Waals surface area (Å²) in [6.07, 6.45) is 0. The normalized spacial score (nSPS) is 16.1. The number of dihydropyridines is 1. The molecule has 1 aliphatic rings. The molecule has 0 aliphatic carbocycles. The van der Waals surface area contributed by atoms with E-state index in [1.807, 2.05) is 24.3 Å². The zero-order chi connectivity index (χ0) is 22.7. The minimum Gasteiger partial charge on any atom is -0.353 e. The maximum Gasteiger partial charge on any atom is 0.173 e. The third-order valence-electron chi connectivity index (χ3n) is 4.82. The molecule has 2 aromatic rings. The van der Waals surface area contributed by atoms with Gasteiger partial charge in [-0.2, -0.15) is 5.26 Å². The fourth-order valence-corrected chi connectivity index (χ4v) is 4.92. The van der Waals surface area contributed by atoms with Gasteiger partial charge >= 0.3 is 0 Å². The summed E-state index contributed by atoms with van der Waals surface area (Å²) in [4.78, 5) is 25.1. The Morgan fingerprint density at radius 3 is 2.42 bits per heavy atom. The molecule has 0 aromatic heterocycles. The number of nitrogens with zero attached hydrogens (tertiary/aromatic N) is 1. The van der Waals surface area contributed by atoms with Crippen molar-refractivity contribution in [3.05, 3.63) is 90.0 Å². The molecular formula is C23H17BrCl2N2O2S. The maximum absolute atomic E-state index is 12.7. The first-order valence-electron chi connectivity index (χ1n) is 9.22. The number of hydrogen-bond donors (Lipinski definition) is 1. The monoisotopic (exact) mass is 534 g/mol. The Bertz CT molecular complexity index is 1170. The van der Waals surface area contributed by atoms with Crippen LogP contribution in [-0.2, 0) is 4.79 Å². The second kappa shape index (κ2) is 10.1. The summed E-state index contributed by atoms with van der Waals surface area (Å²) in [6.45, 7) is 3.30. The average Bonchev–Trinajstić information content (AvgIpc) is 2.73. The highest BCUT2D eigenvalue weighted by atomic mass is 79.9. The highest BCUT2D eigenvalue weighted by molar-refractivity contribution is 9.10. The molecule has 0 saturated heterocycles. The lowest BCUT2D eigenvalue weighted by Gasteiger charge is -2.29.